The maximum atomic E-state index is 11.3. The van der Waals surface area contributed by atoms with Crippen molar-refractivity contribution in [3.8, 4) is 0 Å². The fourth-order valence-corrected chi connectivity index (χ4v) is 2.22. The highest BCUT2D eigenvalue weighted by Crippen LogP contribution is 2.17. The van der Waals surface area contributed by atoms with Gasteiger partial charge in [-0.25, -0.2) is 5.48 Å². The van der Waals surface area contributed by atoms with Crippen LogP contribution < -0.4 is 10.8 Å². The molecule has 0 spiro atoms. The second-order valence-corrected chi connectivity index (χ2v) is 5.53. The summed E-state index contributed by atoms with van der Waals surface area (Å²) >= 11 is 0. The molecule has 0 heterocycles. The lowest BCUT2D eigenvalue weighted by Crippen LogP contribution is -2.25. The smallest absolute Gasteiger partial charge is 0.220 e. The van der Waals surface area contributed by atoms with E-state index < -0.39 is 0 Å². The van der Waals surface area contributed by atoms with Crippen molar-refractivity contribution in [3.05, 3.63) is 0 Å². The van der Waals surface area contributed by atoms with E-state index in [1.807, 2.05) is 6.26 Å². The largest absolute Gasteiger partial charge is 0.356 e. The molecular formula is C9H20N2O2S2. The van der Waals surface area contributed by atoms with Gasteiger partial charge in [0.05, 0.1) is 6.61 Å². The van der Waals surface area contributed by atoms with Crippen molar-refractivity contribution in [1.82, 2.24) is 10.8 Å². The molecule has 90 valence electrons. The van der Waals surface area contributed by atoms with Gasteiger partial charge in [0.1, 0.15) is 0 Å². The Balaban J connectivity index is 3.11. The van der Waals surface area contributed by atoms with Crippen molar-refractivity contribution >= 4 is 27.5 Å². The van der Waals surface area contributed by atoms with Crippen molar-refractivity contribution in [2.45, 2.75) is 19.3 Å². The molecule has 0 aliphatic carbocycles. The van der Waals surface area contributed by atoms with Crippen LogP contribution in [0.1, 0.15) is 19.3 Å². The summed E-state index contributed by atoms with van der Waals surface area (Å²) in [6, 6.07) is 0. The Kier molecular flexibility index (Phi) is 12.2. The molecule has 4 nitrogen and oxygen atoms in total. The number of carbonyl (C=O) groups is 1. The fraction of sp³-hybridized carbons (Fsp3) is 0.889. The average Bonchev–Trinajstić information content (AvgIpc) is 2.24. The van der Waals surface area contributed by atoms with Crippen LogP contribution in [0.15, 0.2) is 0 Å². The first kappa shape index (κ1) is 15.1. The molecule has 2 N–H and O–H groups in total. The first-order valence-corrected chi connectivity index (χ1v) is 7.74. The van der Waals surface area contributed by atoms with Crippen LogP contribution >= 0.6 is 21.6 Å². The van der Waals surface area contributed by atoms with E-state index >= 15 is 0 Å². The molecule has 0 radical (unpaired) electrons. The number of hydrogen-bond donors (Lipinski definition) is 2. The molecule has 0 aliphatic heterocycles. The van der Waals surface area contributed by atoms with E-state index in [0.29, 0.717) is 19.6 Å². The Bertz CT molecular complexity index is 159. The Hall–Kier alpha value is 0.0900. The summed E-state index contributed by atoms with van der Waals surface area (Å²) in [6.45, 7) is 1.31. The molecule has 6 heteroatoms. The summed E-state index contributed by atoms with van der Waals surface area (Å²) in [4.78, 5) is 16.2. The van der Waals surface area contributed by atoms with Gasteiger partial charge in [-0.1, -0.05) is 21.6 Å². The van der Waals surface area contributed by atoms with Gasteiger partial charge in [0, 0.05) is 25.8 Å². The monoisotopic (exact) mass is 252 g/mol. The highest BCUT2D eigenvalue weighted by molar-refractivity contribution is 8.76. The molecule has 0 saturated carbocycles. The second-order valence-electron chi connectivity index (χ2n) is 2.85. The highest BCUT2D eigenvalue weighted by atomic mass is 33.1. The summed E-state index contributed by atoms with van der Waals surface area (Å²) in [5, 5.41) is 2.86. The van der Waals surface area contributed by atoms with Crippen molar-refractivity contribution in [1.29, 1.82) is 0 Å². The number of amides is 1. The zero-order valence-electron chi connectivity index (χ0n) is 9.38. The maximum absolute atomic E-state index is 11.3. The molecule has 0 bridgehead atoms. The minimum absolute atomic E-state index is 0.140. The number of hydrogen-bond acceptors (Lipinski definition) is 5. The Labute approximate surface area is 99.6 Å². The van der Waals surface area contributed by atoms with Crippen molar-refractivity contribution in [3.63, 3.8) is 0 Å². The van der Waals surface area contributed by atoms with E-state index in [-0.39, 0.29) is 5.91 Å². The van der Waals surface area contributed by atoms with Crippen LogP contribution in [0.5, 0.6) is 0 Å². The SMILES string of the molecule is CNOCCCNC(=O)CCCSSC. The van der Waals surface area contributed by atoms with Gasteiger partial charge < -0.3 is 10.2 Å². The molecular weight excluding hydrogens is 232 g/mol. The predicted octanol–water partition coefficient (Wildman–Crippen LogP) is 1.44. The van der Waals surface area contributed by atoms with Crippen molar-refractivity contribution < 1.29 is 9.63 Å². The Morgan fingerprint density at radius 3 is 2.87 bits per heavy atom. The van der Waals surface area contributed by atoms with Crippen LogP contribution in [0.2, 0.25) is 0 Å². The maximum Gasteiger partial charge on any atom is 0.220 e. The zero-order chi connectivity index (χ0) is 11.4. The minimum atomic E-state index is 0.140. The number of nitrogens with one attached hydrogen (secondary N) is 2. The van der Waals surface area contributed by atoms with E-state index in [1.165, 1.54) is 0 Å². The average molecular weight is 252 g/mol. The lowest BCUT2D eigenvalue weighted by atomic mass is 10.3. The molecule has 0 aliphatic rings. The molecule has 0 atom stereocenters. The number of carbonyl (C=O) groups excluding carboxylic acids is 1. The van der Waals surface area contributed by atoms with Gasteiger partial charge in [0.25, 0.3) is 0 Å². The first-order valence-electron chi connectivity index (χ1n) is 5.02. The van der Waals surface area contributed by atoms with Gasteiger partial charge in [-0.3, -0.25) is 4.79 Å². The van der Waals surface area contributed by atoms with Gasteiger partial charge in [-0.05, 0) is 19.1 Å². The molecule has 0 aromatic carbocycles. The molecule has 15 heavy (non-hydrogen) atoms. The molecule has 1 amide bonds. The van der Waals surface area contributed by atoms with E-state index in [1.54, 1.807) is 28.6 Å². The molecule has 0 fully saturated rings. The van der Waals surface area contributed by atoms with Crippen LogP contribution in [-0.4, -0.2) is 38.1 Å². The van der Waals surface area contributed by atoms with Gasteiger partial charge in [-0.2, -0.15) is 0 Å². The summed E-state index contributed by atoms with van der Waals surface area (Å²) in [5.74, 6) is 1.18. The quantitative estimate of drug-likeness (QED) is 0.350. The van der Waals surface area contributed by atoms with Crippen molar-refractivity contribution in [2.75, 3.05) is 32.2 Å². The Morgan fingerprint density at radius 2 is 2.20 bits per heavy atom. The lowest BCUT2D eigenvalue weighted by Gasteiger charge is -2.04. The van der Waals surface area contributed by atoms with Crippen LogP contribution in [0.3, 0.4) is 0 Å². The third kappa shape index (κ3) is 12.0. The van der Waals surface area contributed by atoms with Gasteiger partial charge in [0.2, 0.25) is 5.91 Å². The Morgan fingerprint density at radius 1 is 1.40 bits per heavy atom. The van der Waals surface area contributed by atoms with E-state index in [2.05, 4.69) is 10.8 Å². The molecule has 0 aromatic rings. The van der Waals surface area contributed by atoms with E-state index in [0.717, 1.165) is 18.6 Å². The minimum Gasteiger partial charge on any atom is -0.356 e. The molecule has 0 rings (SSSR count). The normalized spacial score (nSPS) is 10.3. The third-order valence-electron chi connectivity index (χ3n) is 1.64. The van der Waals surface area contributed by atoms with Crippen LogP contribution in [-0.2, 0) is 9.63 Å². The number of rotatable bonds is 10. The summed E-state index contributed by atoms with van der Waals surface area (Å²) < 4.78 is 0. The second kappa shape index (κ2) is 12.2. The summed E-state index contributed by atoms with van der Waals surface area (Å²) in [6.07, 6.45) is 4.46. The van der Waals surface area contributed by atoms with Gasteiger partial charge in [0.15, 0.2) is 0 Å². The summed E-state index contributed by atoms with van der Waals surface area (Å²) in [5.41, 5.74) is 2.59. The molecule has 0 aromatic heterocycles. The standard InChI is InChI=1S/C9H20N2O2S2/c1-10-13-7-4-6-11-9(12)5-3-8-15-14-2/h10H,3-8H2,1-2H3,(H,11,12). The van der Waals surface area contributed by atoms with Crippen LogP contribution in [0, 0.1) is 0 Å². The molecule has 0 unspecified atom stereocenters. The van der Waals surface area contributed by atoms with E-state index in [4.69, 9.17) is 4.84 Å². The van der Waals surface area contributed by atoms with Crippen molar-refractivity contribution in [2.24, 2.45) is 0 Å². The fourth-order valence-electron chi connectivity index (χ4n) is 0.938. The predicted molar refractivity (Wildman–Crippen MR) is 67.8 cm³/mol. The van der Waals surface area contributed by atoms with Crippen LogP contribution in [0.25, 0.3) is 0 Å². The van der Waals surface area contributed by atoms with Gasteiger partial charge >= 0.3 is 0 Å². The van der Waals surface area contributed by atoms with Crippen LogP contribution in [0.4, 0.5) is 0 Å². The first-order chi connectivity index (χ1) is 7.31. The highest BCUT2D eigenvalue weighted by Gasteiger charge is 1.99. The van der Waals surface area contributed by atoms with E-state index in [9.17, 15) is 4.79 Å². The summed E-state index contributed by atoms with van der Waals surface area (Å²) in [7, 11) is 5.26. The zero-order valence-corrected chi connectivity index (χ0v) is 11.0. The number of hydroxylamine groups is 1. The molecule has 0 saturated heterocycles. The topological polar surface area (TPSA) is 50.4 Å². The third-order valence-corrected chi connectivity index (χ3v) is 3.54. The van der Waals surface area contributed by atoms with Gasteiger partial charge in [-0.15, -0.1) is 0 Å². The lowest BCUT2D eigenvalue weighted by molar-refractivity contribution is -0.121.